The lowest BCUT2D eigenvalue weighted by molar-refractivity contribution is -0.274. The van der Waals surface area contributed by atoms with Gasteiger partial charge in [-0.05, 0) is 37.3 Å². The van der Waals surface area contributed by atoms with E-state index in [4.69, 9.17) is 0 Å². The van der Waals surface area contributed by atoms with Crippen LogP contribution in [0.4, 0.5) is 13.2 Å². The van der Waals surface area contributed by atoms with Gasteiger partial charge < -0.3 is 10.1 Å². The van der Waals surface area contributed by atoms with Gasteiger partial charge in [-0.1, -0.05) is 17.0 Å². The number of carbonyl (C=O) groups is 1. The van der Waals surface area contributed by atoms with Crippen LogP contribution in [0.1, 0.15) is 23.1 Å². The molecule has 1 amide bonds. The molecule has 0 aliphatic carbocycles. The number of nitrogens with one attached hydrogen (secondary N) is 1. The highest BCUT2D eigenvalue weighted by molar-refractivity contribution is 7.98. The number of amides is 1. The minimum atomic E-state index is -4.78. The Kier molecular flexibility index (Phi) is 6.32. The van der Waals surface area contributed by atoms with Crippen molar-refractivity contribution in [3.63, 3.8) is 0 Å². The molecule has 0 saturated carbocycles. The Hall–Kier alpha value is -3.15. The predicted molar refractivity (Wildman–Crippen MR) is 97.6 cm³/mol. The Bertz CT molecular complexity index is 964. The van der Waals surface area contributed by atoms with Gasteiger partial charge in [0, 0.05) is 24.7 Å². The SMILES string of the molecule is CCNC(=O)c1nnn(-c2ccc(OC(F)(F)F)cc2)c1CSc1ncccn1. The minimum absolute atomic E-state index is 0.117. The van der Waals surface area contributed by atoms with Crippen LogP contribution in [0.15, 0.2) is 47.9 Å². The summed E-state index contributed by atoms with van der Waals surface area (Å²) in [6, 6.07) is 6.79. The van der Waals surface area contributed by atoms with Gasteiger partial charge in [0.15, 0.2) is 10.9 Å². The minimum Gasteiger partial charge on any atom is -0.406 e. The van der Waals surface area contributed by atoms with Crippen LogP contribution >= 0.6 is 11.8 Å². The quantitative estimate of drug-likeness (QED) is 0.460. The number of carbonyl (C=O) groups excluding carboxylic acids is 1. The summed E-state index contributed by atoms with van der Waals surface area (Å²) in [4.78, 5) is 20.6. The second-order valence-electron chi connectivity index (χ2n) is 5.52. The molecule has 0 bridgehead atoms. The van der Waals surface area contributed by atoms with Crippen molar-refractivity contribution < 1.29 is 22.7 Å². The van der Waals surface area contributed by atoms with Crippen LogP contribution in [-0.4, -0.2) is 43.8 Å². The van der Waals surface area contributed by atoms with Crippen molar-refractivity contribution in [1.29, 1.82) is 0 Å². The van der Waals surface area contributed by atoms with Gasteiger partial charge in [-0.3, -0.25) is 4.79 Å². The molecule has 0 unspecified atom stereocenters. The lowest BCUT2D eigenvalue weighted by Crippen LogP contribution is -2.24. The molecule has 0 radical (unpaired) electrons. The fourth-order valence-corrected chi connectivity index (χ4v) is 3.14. The summed E-state index contributed by atoms with van der Waals surface area (Å²) in [6.07, 6.45) is -1.60. The number of ether oxygens (including phenoxy) is 1. The molecule has 0 fully saturated rings. The van der Waals surface area contributed by atoms with Crippen LogP contribution in [-0.2, 0) is 5.75 Å². The van der Waals surface area contributed by atoms with Crippen molar-refractivity contribution in [3.05, 3.63) is 54.1 Å². The fourth-order valence-electron chi connectivity index (χ4n) is 2.34. The van der Waals surface area contributed by atoms with Crippen molar-refractivity contribution in [2.75, 3.05) is 6.54 Å². The second kappa shape index (κ2) is 8.90. The molecule has 29 heavy (non-hydrogen) atoms. The molecular formula is C17H15F3N6O2S. The van der Waals surface area contributed by atoms with Crippen molar-refractivity contribution in [2.24, 2.45) is 0 Å². The van der Waals surface area contributed by atoms with Gasteiger partial charge in [-0.15, -0.1) is 18.3 Å². The van der Waals surface area contributed by atoms with Gasteiger partial charge in [-0.2, -0.15) is 0 Å². The topological polar surface area (TPSA) is 94.8 Å². The summed E-state index contributed by atoms with van der Waals surface area (Å²) in [6.45, 7) is 2.18. The molecule has 3 rings (SSSR count). The maximum absolute atomic E-state index is 12.3. The number of aromatic nitrogens is 5. The van der Waals surface area contributed by atoms with E-state index in [-0.39, 0.29) is 17.2 Å². The summed E-state index contributed by atoms with van der Waals surface area (Å²) < 4.78 is 42.3. The molecule has 3 aromatic rings. The first kappa shape index (κ1) is 20.6. The molecular weight excluding hydrogens is 409 g/mol. The molecule has 0 aliphatic heterocycles. The van der Waals surface area contributed by atoms with Gasteiger partial charge >= 0.3 is 6.36 Å². The van der Waals surface area contributed by atoms with E-state index < -0.39 is 12.3 Å². The van der Waals surface area contributed by atoms with Crippen LogP contribution in [0.2, 0.25) is 0 Å². The van der Waals surface area contributed by atoms with Crippen molar-refractivity contribution >= 4 is 17.7 Å². The maximum Gasteiger partial charge on any atom is 0.573 e. The van der Waals surface area contributed by atoms with Crippen LogP contribution in [0.3, 0.4) is 0 Å². The van der Waals surface area contributed by atoms with Crippen LogP contribution in [0.5, 0.6) is 5.75 Å². The van der Waals surface area contributed by atoms with Crippen LogP contribution < -0.4 is 10.1 Å². The van der Waals surface area contributed by atoms with E-state index in [9.17, 15) is 18.0 Å². The summed E-state index contributed by atoms with van der Waals surface area (Å²) in [5.41, 5.74) is 0.996. The third-order valence-electron chi connectivity index (χ3n) is 3.51. The maximum atomic E-state index is 12.3. The zero-order valence-electron chi connectivity index (χ0n) is 15.1. The molecule has 1 N–H and O–H groups in total. The molecule has 152 valence electrons. The number of thioether (sulfide) groups is 1. The van der Waals surface area contributed by atoms with E-state index >= 15 is 0 Å². The molecule has 0 saturated heterocycles. The summed E-state index contributed by atoms with van der Waals surface area (Å²) in [5.74, 6) is -0.496. The Balaban J connectivity index is 1.90. The molecule has 8 nitrogen and oxygen atoms in total. The van der Waals surface area contributed by atoms with Crippen LogP contribution in [0.25, 0.3) is 5.69 Å². The molecule has 1 aromatic carbocycles. The van der Waals surface area contributed by atoms with Crippen molar-refractivity contribution in [2.45, 2.75) is 24.2 Å². The first-order valence-corrected chi connectivity index (χ1v) is 9.34. The van der Waals surface area contributed by atoms with E-state index in [0.717, 1.165) is 12.1 Å². The van der Waals surface area contributed by atoms with Crippen molar-refractivity contribution in [1.82, 2.24) is 30.3 Å². The van der Waals surface area contributed by atoms with E-state index in [1.165, 1.54) is 28.6 Å². The fraction of sp³-hybridized carbons (Fsp3) is 0.235. The molecule has 2 aromatic heterocycles. The Morgan fingerprint density at radius 3 is 2.52 bits per heavy atom. The lowest BCUT2D eigenvalue weighted by Gasteiger charge is -2.10. The number of halogens is 3. The average Bonchev–Trinajstić information content (AvgIpc) is 3.11. The lowest BCUT2D eigenvalue weighted by atomic mass is 10.2. The average molecular weight is 424 g/mol. The highest BCUT2D eigenvalue weighted by Gasteiger charge is 2.31. The third-order valence-corrected chi connectivity index (χ3v) is 4.40. The largest absolute Gasteiger partial charge is 0.573 e. The Morgan fingerprint density at radius 1 is 1.21 bits per heavy atom. The standard InChI is InChI=1S/C17H15F3N6O2S/c1-2-21-15(27)14-13(10-29-16-22-8-3-9-23-16)26(25-24-14)11-4-6-12(7-5-11)28-17(18,19)20/h3-9H,2,10H2,1H3,(H,21,27). The molecule has 0 spiro atoms. The van der Waals surface area contributed by atoms with E-state index in [2.05, 4.69) is 30.3 Å². The number of nitrogens with zero attached hydrogens (tertiary/aromatic N) is 5. The Labute approximate surface area is 167 Å². The number of alkyl halides is 3. The first-order chi connectivity index (χ1) is 13.9. The van der Waals surface area contributed by atoms with Gasteiger partial charge in [0.25, 0.3) is 5.91 Å². The van der Waals surface area contributed by atoms with Crippen LogP contribution in [0, 0.1) is 0 Å². The highest BCUT2D eigenvalue weighted by Crippen LogP contribution is 2.26. The van der Waals surface area contributed by atoms with Gasteiger partial charge in [0.2, 0.25) is 0 Å². The van der Waals surface area contributed by atoms with E-state index in [0.29, 0.717) is 23.1 Å². The monoisotopic (exact) mass is 424 g/mol. The molecule has 0 aliphatic rings. The Morgan fingerprint density at radius 2 is 1.90 bits per heavy atom. The van der Waals surface area contributed by atoms with Gasteiger partial charge in [0.05, 0.1) is 11.4 Å². The number of benzene rings is 1. The zero-order valence-corrected chi connectivity index (χ0v) is 15.9. The first-order valence-electron chi connectivity index (χ1n) is 8.36. The van der Waals surface area contributed by atoms with Gasteiger partial charge in [0.1, 0.15) is 5.75 Å². The van der Waals surface area contributed by atoms with E-state index in [1.807, 2.05) is 0 Å². The number of hydrogen-bond donors (Lipinski definition) is 1. The second-order valence-corrected chi connectivity index (χ2v) is 6.46. The number of hydrogen-bond acceptors (Lipinski definition) is 7. The number of rotatable bonds is 7. The summed E-state index contributed by atoms with van der Waals surface area (Å²) >= 11 is 1.27. The summed E-state index contributed by atoms with van der Waals surface area (Å²) in [5, 5.41) is 11.1. The summed E-state index contributed by atoms with van der Waals surface area (Å²) in [7, 11) is 0. The predicted octanol–water partition coefficient (Wildman–Crippen LogP) is 3.00. The third kappa shape index (κ3) is 5.44. The highest BCUT2D eigenvalue weighted by atomic mass is 32.2. The van der Waals surface area contributed by atoms with E-state index in [1.54, 1.807) is 25.4 Å². The van der Waals surface area contributed by atoms with Gasteiger partial charge in [-0.25, -0.2) is 14.6 Å². The molecule has 0 atom stereocenters. The van der Waals surface area contributed by atoms with Crippen molar-refractivity contribution in [3.8, 4) is 11.4 Å². The molecule has 2 heterocycles. The normalized spacial score (nSPS) is 11.3. The zero-order chi connectivity index (χ0) is 20.9. The molecule has 12 heteroatoms. The smallest absolute Gasteiger partial charge is 0.406 e.